The first-order chi connectivity index (χ1) is 19.9. The van der Waals surface area contributed by atoms with Gasteiger partial charge in [0.2, 0.25) is 17.7 Å². The van der Waals surface area contributed by atoms with Gasteiger partial charge in [-0.2, -0.15) is 0 Å². The van der Waals surface area contributed by atoms with Crippen molar-refractivity contribution in [3.05, 3.63) is 78.2 Å². The summed E-state index contributed by atoms with van der Waals surface area (Å²) in [5.41, 5.74) is 0.763. The average Bonchev–Trinajstić information content (AvgIpc) is 3.49. The van der Waals surface area contributed by atoms with Crippen molar-refractivity contribution in [3.63, 3.8) is 0 Å². The van der Waals surface area contributed by atoms with Crippen LogP contribution >= 0.6 is 0 Å². The van der Waals surface area contributed by atoms with Crippen LogP contribution in [0.25, 0.3) is 0 Å². The van der Waals surface area contributed by atoms with E-state index in [1.807, 2.05) is 0 Å². The molecule has 10 heteroatoms. The van der Waals surface area contributed by atoms with E-state index in [9.17, 15) is 18.8 Å². The van der Waals surface area contributed by atoms with E-state index in [1.165, 1.54) is 43.4 Å². The number of hydrogen-bond acceptors (Lipinski definition) is 6. The van der Waals surface area contributed by atoms with Gasteiger partial charge in [0, 0.05) is 31.1 Å². The van der Waals surface area contributed by atoms with Gasteiger partial charge in [-0.3, -0.25) is 19.3 Å². The minimum absolute atomic E-state index is 0.00935. The molecule has 3 aromatic rings. The fraction of sp³-hybridized carbons (Fsp3) is 0.355. The quantitative estimate of drug-likeness (QED) is 0.315. The molecule has 2 aromatic carbocycles. The van der Waals surface area contributed by atoms with E-state index in [4.69, 9.17) is 9.47 Å². The van der Waals surface area contributed by atoms with Crippen molar-refractivity contribution in [1.82, 2.24) is 10.3 Å². The molecular weight excluding hydrogens is 527 g/mol. The molecule has 1 aliphatic carbocycles. The average molecular weight is 563 g/mol. The summed E-state index contributed by atoms with van der Waals surface area (Å²) in [5.74, 6) is -0.287. The Balaban J connectivity index is 1.66. The third-order valence-electron chi connectivity index (χ3n) is 7.03. The summed E-state index contributed by atoms with van der Waals surface area (Å²) in [6.45, 7) is 0. The lowest BCUT2D eigenvalue weighted by Crippen LogP contribution is -2.46. The summed E-state index contributed by atoms with van der Waals surface area (Å²) in [7, 11) is 2.98. The number of carbonyl (C=O) groups excluding carboxylic acids is 3. The fourth-order valence-electron chi connectivity index (χ4n) is 4.98. The molecule has 1 fully saturated rings. The van der Waals surface area contributed by atoms with E-state index < -0.39 is 17.8 Å². The van der Waals surface area contributed by atoms with Crippen LogP contribution in [0.1, 0.15) is 56.6 Å². The molecular formula is C31H35FN4O5. The molecule has 0 aliphatic heterocycles. The lowest BCUT2D eigenvalue weighted by molar-refractivity contribution is -0.127. The number of carbonyl (C=O) groups is 3. The molecule has 3 amide bonds. The number of nitrogens with one attached hydrogen (secondary N) is 2. The molecule has 216 valence electrons. The number of amides is 3. The second-order valence-electron chi connectivity index (χ2n) is 9.86. The predicted molar refractivity (Wildman–Crippen MR) is 153 cm³/mol. The third-order valence-corrected chi connectivity index (χ3v) is 7.03. The molecule has 1 heterocycles. The highest BCUT2D eigenvalue weighted by Crippen LogP contribution is 2.38. The summed E-state index contributed by atoms with van der Waals surface area (Å²) in [5, 5.41) is 5.81. The Morgan fingerprint density at radius 2 is 1.76 bits per heavy atom. The predicted octanol–water partition coefficient (Wildman–Crippen LogP) is 5.18. The molecule has 1 aromatic heterocycles. The van der Waals surface area contributed by atoms with Crippen molar-refractivity contribution in [2.75, 3.05) is 24.4 Å². The lowest BCUT2D eigenvalue weighted by atomic mass is 10.0. The van der Waals surface area contributed by atoms with Crippen molar-refractivity contribution in [2.24, 2.45) is 0 Å². The monoisotopic (exact) mass is 562 g/mol. The minimum atomic E-state index is -1.12. The van der Waals surface area contributed by atoms with Crippen LogP contribution in [0.5, 0.6) is 11.5 Å². The second-order valence-corrected chi connectivity index (χ2v) is 9.86. The highest BCUT2D eigenvalue weighted by molar-refractivity contribution is 6.03. The third kappa shape index (κ3) is 7.81. The van der Waals surface area contributed by atoms with E-state index in [2.05, 4.69) is 15.6 Å². The SMILES string of the molecule is COc1ccc(OC)c(N(C(=O)CCCC(=O)Nc2ccccn2)C(C(=O)NC2CCCC2)c2ccc(F)cc2)c1. The highest BCUT2D eigenvalue weighted by atomic mass is 19.1. The number of benzene rings is 2. The lowest BCUT2D eigenvalue weighted by Gasteiger charge is -2.33. The molecule has 0 bridgehead atoms. The number of aromatic nitrogens is 1. The largest absolute Gasteiger partial charge is 0.497 e. The molecule has 9 nitrogen and oxygen atoms in total. The van der Waals surface area contributed by atoms with E-state index in [0.717, 1.165) is 25.7 Å². The van der Waals surface area contributed by atoms with E-state index >= 15 is 0 Å². The van der Waals surface area contributed by atoms with Gasteiger partial charge < -0.3 is 20.1 Å². The van der Waals surface area contributed by atoms with Crippen molar-refractivity contribution in [2.45, 2.75) is 57.0 Å². The molecule has 41 heavy (non-hydrogen) atoms. The Bertz CT molecular complexity index is 1330. The maximum Gasteiger partial charge on any atom is 0.248 e. The number of methoxy groups -OCH3 is 2. The minimum Gasteiger partial charge on any atom is -0.497 e. The summed E-state index contributed by atoms with van der Waals surface area (Å²) >= 11 is 0. The topological polar surface area (TPSA) is 110 Å². The summed E-state index contributed by atoms with van der Waals surface area (Å²) < 4.78 is 24.9. The Morgan fingerprint density at radius 1 is 1.00 bits per heavy atom. The number of ether oxygens (including phenoxy) is 2. The second kappa shape index (κ2) is 14.2. The van der Waals surface area contributed by atoms with Crippen LogP contribution in [0.2, 0.25) is 0 Å². The first kappa shape index (κ1) is 29.5. The maximum atomic E-state index is 14.0. The Kier molecular flexibility index (Phi) is 10.3. The number of anilines is 2. The zero-order valence-corrected chi connectivity index (χ0v) is 23.3. The Hall–Kier alpha value is -4.47. The smallest absolute Gasteiger partial charge is 0.248 e. The summed E-state index contributed by atoms with van der Waals surface area (Å²) in [4.78, 5) is 45.9. The number of rotatable bonds is 12. The standard InChI is InChI=1S/C31H35FN4O5/c1-40-24-17-18-26(41-2)25(20-24)36(29(38)12-7-11-28(37)35-27-10-5-6-19-33-27)30(21-13-15-22(32)16-14-21)31(39)34-23-8-3-4-9-23/h5-6,10,13-20,23,30H,3-4,7-9,11-12H2,1-2H3,(H,34,39)(H,33,35,37). The Labute approximate surface area is 239 Å². The number of hydrogen-bond donors (Lipinski definition) is 2. The normalized spacial score (nSPS) is 13.7. The van der Waals surface area contributed by atoms with Gasteiger partial charge in [0.1, 0.15) is 29.2 Å². The molecule has 4 rings (SSSR count). The number of halogens is 1. The molecule has 1 atom stereocenters. The van der Waals surface area contributed by atoms with Crippen LogP contribution in [0, 0.1) is 5.82 Å². The molecule has 1 unspecified atom stereocenters. The molecule has 0 saturated heterocycles. The van der Waals surface area contributed by atoms with Gasteiger partial charge in [-0.1, -0.05) is 31.0 Å². The van der Waals surface area contributed by atoms with Gasteiger partial charge in [-0.05, 0) is 61.2 Å². The van der Waals surface area contributed by atoms with Crippen LogP contribution in [-0.2, 0) is 14.4 Å². The van der Waals surface area contributed by atoms with Crippen LogP contribution in [0.15, 0.2) is 66.9 Å². The van der Waals surface area contributed by atoms with Crippen LogP contribution in [-0.4, -0.2) is 43.0 Å². The fourth-order valence-corrected chi connectivity index (χ4v) is 4.98. The van der Waals surface area contributed by atoms with Gasteiger partial charge in [-0.25, -0.2) is 9.37 Å². The van der Waals surface area contributed by atoms with Gasteiger partial charge >= 0.3 is 0 Å². The van der Waals surface area contributed by atoms with Crippen molar-refractivity contribution in [1.29, 1.82) is 0 Å². The van der Waals surface area contributed by atoms with E-state index in [1.54, 1.807) is 42.6 Å². The van der Waals surface area contributed by atoms with Gasteiger partial charge in [-0.15, -0.1) is 0 Å². The first-order valence-electron chi connectivity index (χ1n) is 13.7. The van der Waals surface area contributed by atoms with Crippen molar-refractivity contribution < 1.29 is 28.2 Å². The maximum absolute atomic E-state index is 14.0. The molecule has 2 N–H and O–H groups in total. The summed E-state index contributed by atoms with van der Waals surface area (Å²) in [6, 6.07) is 14.6. The number of pyridine rings is 1. The molecule has 0 radical (unpaired) electrons. The molecule has 0 spiro atoms. The Morgan fingerprint density at radius 3 is 2.41 bits per heavy atom. The van der Waals surface area contributed by atoms with Crippen LogP contribution in [0.4, 0.5) is 15.9 Å². The van der Waals surface area contributed by atoms with Crippen molar-refractivity contribution in [3.8, 4) is 11.5 Å². The van der Waals surface area contributed by atoms with E-state index in [-0.39, 0.29) is 37.1 Å². The van der Waals surface area contributed by atoms with Crippen molar-refractivity contribution >= 4 is 29.2 Å². The number of nitrogens with zero attached hydrogens (tertiary/aromatic N) is 2. The van der Waals surface area contributed by atoms with Gasteiger partial charge in [0.15, 0.2) is 0 Å². The zero-order chi connectivity index (χ0) is 29.2. The highest BCUT2D eigenvalue weighted by Gasteiger charge is 2.36. The first-order valence-corrected chi connectivity index (χ1v) is 13.7. The zero-order valence-electron chi connectivity index (χ0n) is 23.3. The molecule has 1 aliphatic rings. The van der Waals surface area contributed by atoms with Gasteiger partial charge in [0.25, 0.3) is 0 Å². The molecule has 1 saturated carbocycles. The van der Waals surface area contributed by atoms with Gasteiger partial charge in [0.05, 0.1) is 19.9 Å². The summed E-state index contributed by atoms with van der Waals surface area (Å²) in [6.07, 6.45) is 5.56. The van der Waals surface area contributed by atoms with Crippen LogP contribution in [0.3, 0.4) is 0 Å². The van der Waals surface area contributed by atoms with Crippen LogP contribution < -0.4 is 25.0 Å². The van der Waals surface area contributed by atoms with E-state index in [0.29, 0.717) is 28.6 Å².